The van der Waals surface area contributed by atoms with Crippen LogP contribution in [0, 0.1) is 18.3 Å². The van der Waals surface area contributed by atoms with Gasteiger partial charge in [0.25, 0.3) is 0 Å². The highest BCUT2D eigenvalue weighted by Gasteiger charge is 2.19. The Hall–Kier alpha value is -1.92. The number of nitrogens with zero attached hydrogens (tertiary/aromatic N) is 2. The van der Waals surface area contributed by atoms with E-state index in [2.05, 4.69) is 44.8 Å². The smallest absolute Gasteiger partial charge is 0.0991 e. The van der Waals surface area contributed by atoms with Crippen LogP contribution in [0.25, 0.3) is 11.3 Å². The van der Waals surface area contributed by atoms with Crippen LogP contribution in [0.3, 0.4) is 0 Å². The molecule has 3 heteroatoms. The number of hydrogen-bond acceptors (Lipinski definition) is 2. The number of rotatable bonds is 2. The minimum Gasteiger partial charge on any atom is -0.253 e. The van der Waals surface area contributed by atoms with Crippen LogP contribution in [0.5, 0.6) is 0 Å². The Morgan fingerprint density at radius 1 is 1.00 bits per heavy atom. The molecule has 0 fully saturated rings. The molecule has 0 aliphatic rings. The summed E-state index contributed by atoms with van der Waals surface area (Å²) in [5, 5.41) is 10.2. The summed E-state index contributed by atoms with van der Waals surface area (Å²) < 4.78 is 0. The van der Waals surface area contributed by atoms with Gasteiger partial charge >= 0.3 is 0 Å². The van der Waals surface area contributed by atoms with E-state index in [-0.39, 0.29) is 0 Å². The number of benzene rings is 1. The number of aromatic nitrogens is 1. The fourth-order valence-corrected chi connectivity index (χ4v) is 3.95. The Balaban J connectivity index is 2.42. The van der Waals surface area contributed by atoms with Gasteiger partial charge in [-0.05, 0) is 30.3 Å². The number of nitriles is 1. The Kier molecular flexibility index (Phi) is 3.54. The van der Waals surface area contributed by atoms with Crippen molar-refractivity contribution >= 4 is 13.3 Å². The van der Waals surface area contributed by atoms with E-state index < -0.39 is 8.07 Å². The molecule has 2 rings (SSSR count). The lowest BCUT2D eigenvalue weighted by Gasteiger charge is -2.19. The van der Waals surface area contributed by atoms with E-state index in [0.717, 1.165) is 17.0 Å². The fraction of sp³-hybridized carbons (Fsp3) is 0.250. The van der Waals surface area contributed by atoms with E-state index in [0.29, 0.717) is 5.56 Å². The zero-order chi connectivity index (χ0) is 14.0. The highest BCUT2D eigenvalue weighted by molar-refractivity contribution is 6.89. The van der Waals surface area contributed by atoms with Gasteiger partial charge in [0.15, 0.2) is 0 Å². The minimum absolute atomic E-state index is 0.680. The van der Waals surface area contributed by atoms with Crippen LogP contribution >= 0.6 is 0 Å². The summed E-state index contributed by atoms with van der Waals surface area (Å²) in [6.07, 6.45) is 0. The van der Waals surface area contributed by atoms with Crippen molar-refractivity contribution in [3.63, 3.8) is 0 Å². The molecule has 96 valence electrons. The molecule has 0 N–H and O–H groups in total. The van der Waals surface area contributed by atoms with Gasteiger partial charge in [-0.3, -0.25) is 4.98 Å². The molecular formula is C16H18N2Si. The lowest BCUT2D eigenvalue weighted by atomic mass is 10.1. The maximum absolute atomic E-state index is 8.81. The van der Waals surface area contributed by atoms with Crippen molar-refractivity contribution in [3.05, 3.63) is 47.7 Å². The molecule has 1 heterocycles. The van der Waals surface area contributed by atoms with E-state index in [4.69, 9.17) is 10.2 Å². The second-order valence-corrected chi connectivity index (χ2v) is 10.8. The lowest BCUT2D eigenvalue weighted by Crippen LogP contribution is -2.39. The number of hydrogen-bond donors (Lipinski definition) is 0. The monoisotopic (exact) mass is 266 g/mol. The van der Waals surface area contributed by atoms with Crippen molar-refractivity contribution in [1.29, 1.82) is 5.26 Å². The van der Waals surface area contributed by atoms with Gasteiger partial charge in [-0.15, -0.1) is 0 Å². The first-order valence-electron chi connectivity index (χ1n) is 6.40. The van der Waals surface area contributed by atoms with E-state index in [1.807, 2.05) is 24.3 Å². The predicted molar refractivity (Wildman–Crippen MR) is 82.1 cm³/mol. The second kappa shape index (κ2) is 4.98. The third-order valence-electron chi connectivity index (χ3n) is 3.20. The summed E-state index contributed by atoms with van der Waals surface area (Å²) in [4.78, 5) is 4.72. The van der Waals surface area contributed by atoms with E-state index in [1.165, 1.54) is 5.19 Å². The van der Waals surface area contributed by atoms with Crippen LogP contribution in [0.2, 0.25) is 19.6 Å². The molecule has 0 saturated heterocycles. The highest BCUT2D eigenvalue weighted by atomic mass is 28.3. The molecule has 0 aliphatic heterocycles. The summed E-state index contributed by atoms with van der Waals surface area (Å²) in [7, 11) is -1.32. The number of pyridine rings is 1. The predicted octanol–water partition coefficient (Wildman–Crippen LogP) is 3.47. The van der Waals surface area contributed by atoms with Gasteiger partial charge in [-0.25, -0.2) is 0 Å². The molecule has 19 heavy (non-hydrogen) atoms. The Bertz CT molecular complexity index is 631. The normalized spacial score (nSPS) is 11.1. The molecule has 1 aromatic heterocycles. The summed E-state index contributed by atoms with van der Waals surface area (Å²) in [5.41, 5.74) is 3.84. The maximum Gasteiger partial charge on any atom is 0.0991 e. The average molecular weight is 266 g/mol. The van der Waals surface area contributed by atoms with Gasteiger partial charge in [0, 0.05) is 11.3 Å². The van der Waals surface area contributed by atoms with Crippen molar-refractivity contribution < 1.29 is 0 Å². The molecule has 2 aromatic rings. The van der Waals surface area contributed by atoms with E-state index in [1.54, 1.807) is 0 Å². The molecule has 0 aliphatic carbocycles. The Morgan fingerprint density at radius 3 is 2.11 bits per heavy atom. The van der Waals surface area contributed by atoms with Crippen LogP contribution in [0.4, 0.5) is 0 Å². The molecule has 0 radical (unpaired) electrons. The SMILES string of the molecule is Cc1nc(-c2ccc(C#N)cc2)ccc1[Si](C)(C)C. The van der Waals surface area contributed by atoms with Crippen LogP contribution in [0.1, 0.15) is 11.3 Å². The van der Waals surface area contributed by atoms with E-state index >= 15 is 0 Å². The first kappa shape index (κ1) is 13.5. The van der Waals surface area contributed by atoms with Crippen LogP contribution < -0.4 is 5.19 Å². The molecule has 0 unspecified atom stereocenters. The van der Waals surface area contributed by atoms with Crippen molar-refractivity contribution in [2.45, 2.75) is 26.6 Å². The Morgan fingerprint density at radius 2 is 1.63 bits per heavy atom. The van der Waals surface area contributed by atoms with Crippen molar-refractivity contribution in [3.8, 4) is 17.3 Å². The van der Waals surface area contributed by atoms with Gasteiger partial charge in [0.1, 0.15) is 0 Å². The molecular weight excluding hydrogens is 248 g/mol. The summed E-state index contributed by atoms with van der Waals surface area (Å²) in [6.45, 7) is 9.08. The quantitative estimate of drug-likeness (QED) is 0.780. The van der Waals surface area contributed by atoms with Crippen molar-refractivity contribution in [1.82, 2.24) is 4.98 Å². The van der Waals surface area contributed by atoms with Gasteiger partial charge in [0.2, 0.25) is 0 Å². The molecule has 0 saturated carbocycles. The van der Waals surface area contributed by atoms with E-state index in [9.17, 15) is 0 Å². The molecule has 1 aromatic carbocycles. The third-order valence-corrected chi connectivity index (χ3v) is 5.35. The van der Waals surface area contributed by atoms with Crippen LogP contribution in [-0.4, -0.2) is 13.1 Å². The first-order valence-corrected chi connectivity index (χ1v) is 9.90. The van der Waals surface area contributed by atoms with Crippen LogP contribution in [0.15, 0.2) is 36.4 Å². The summed E-state index contributed by atoms with van der Waals surface area (Å²) in [6, 6.07) is 14.0. The zero-order valence-electron chi connectivity index (χ0n) is 11.9. The average Bonchev–Trinajstić information content (AvgIpc) is 2.37. The Labute approximate surface area is 115 Å². The minimum atomic E-state index is -1.32. The van der Waals surface area contributed by atoms with Gasteiger partial charge in [-0.2, -0.15) is 5.26 Å². The molecule has 0 bridgehead atoms. The largest absolute Gasteiger partial charge is 0.253 e. The fourth-order valence-electron chi connectivity index (χ4n) is 2.23. The zero-order valence-corrected chi connectivity index (χ0v) is 12.9. The number of aryl methyl sites for hydroxylation is 1. The van der Waals surface area contributed by atoms with Gasteiger partial charge in [-0.1, -0.05) is 37.8 Å². The van der Waals surface area contributed by atoms with Crippen molar-refractivity contribution in [2.24, 2.45) is 0 Å². The molecule has 0 amide bonds. The highest BCUT2D eigenvalue weighted by Crippen LogP contribution is 2.18. The second-order valence-electron chi connectivity index (χ2n) is 5.77. The molecule has 0 atom stereocenters. The van der Waals surface area contributed by atoms with Gasteiger partial charge in [0.05, 0.1) is 25.4 Å². The lowest BCUT2D eigenvalue weighted by molar-refractivity contribution is 1.22. The molecule has 2 nitrogen and oxygen atoms in total. The summed E-state index contributed by atoms with van der Waals surface area (Å²) >= 11 is 0. The topological polar surface area (TPSA) is 36.7 Å². The molecule has 0 spiro atoms. The maximum atomic E-state index is 8.81. The standard InChI is InChI=1S/C16H18N2Si/c1-12-16(19(2,3)4)10-9-15(18-12)14-7-5-13(11-17)6-8-14/h5-10H,1-4H3. The summed E-state index contributed by atoms with van der Waals surface area (Å²) in [5.74, 6) is 0. The van der Waals surface area contributed by atoms with Gasteiger partial charge < -0.3 is 0 Å². The first-order chi connectivity index (χ1) is 8.91. The van der Waals surface area contributed by atoms with Crippen LogP contribution in [-0.2, 0) is 0 Å². The third kappa shape index (κ3) is 2.91. The van der Waals surface area contributed by atoms with Crippen molar-refractivity contribution in [2.75, 3.05) is 0 Å².